The molecule has 2 fully saturated rings. The van der Waals surface area contributed by atoms with Crippen LogP contribution in [0.15, 0.2) is 24.4 Å². The monoisotopic (exact) mass is 417 g/mol. The number of anilines is 2. The number of cyclic esters (lactones) is 1. The summed E-state index contributed by atoms with van der Waals surface area (Å²) in [6, 6.07) is 4.75. The number of nitrogens with zero attached hydrogens (tertiary/aromatic N) is 6. The van der Waals surface area contributed by atoms with Crippen molar-refractivity contribution in [2.24, 2.45) is 5.73 Å². The summed E-state index contributed by atoms with van der Waals surface area (Å²) in [5.41, 5.74) is 6.93. The molecule has 2 N–H and O–H groups in total. The average Bonchev–Trinajstić information content (AvgIpc) is 3.27. The molecule has 0 spiro atoms. The number of primary amides is 1. The molecule has 0 bridgehead atoms. The highest BCUT2D eigenvalue weighted by Crippen LogP contribution is 2.28. The normalized spacial score (nSPS) is 19.9. The number of halogens is 1. The lowest BCUT2D eigenvalue weighted by molar-refractivity contribution is -0.119. The van der Waals surface area contributed by atoms with Gasteiger partial charge in [-0.05, 0) is 25.1 Å². The van der Waals surface area contributed by atoms with Gasteiger partial charge in [-0.25, -0.2) is 13.9 Å². The number of amides is 2. The topological polar surface area (TPSA) is 110 Å². The van der Waals surface area contributed by atoms with Crippen LogP contribution in [0.4, 0.5) is 20.6 Å². The lowest BCUT2D eigenvalue weighted by Crippen LogP contribution is -2.49. The predicted octanol–water partition coefficient (Wildman–Crippen LogP) is 0.358. The summed E-state index contributed by atoms with van der Waals surface area (Å²) in [6.45, 7) is 5.18. The van der Waals surface area contributed by atoms with Crippen molar-refractivity contribution in [1.29, 1.82) is 0 Å². The van der Waals surface area contributed by atoms with Gasteiger partial charge in [-0.15, -0.1) is 5.10 Å². The van der Waals surface area contributed by atoms with Crippen molar-refractivity contribution in [3.8, 4) is 0 Å². The fourth-order valence-corrected chi connectivity index (χ4v) is 3.81. The molecular weight excluding hydrogens is 393 g/mol. The Bertz CT molecular complexity index is 942. The molecule has 2 aliphatic heterocycles. The van der Waals surface area contributed by atoms with E-state index < -0.39 is 11.9 Å². The van der Waals surface area contributed by atoms with E-state index in [9.17, 15) is 14.0 Å². The number of aryl methyl sites for hydroxylation is 1. The van der Waals surface area contributed by atoms with Crippen LogP contribution in [0.3, 0.4) is 0 Å². The summed E-state index contributed by atoms with van der Waals surface area (Å²) in [4.78, 5) is 28.6. The summed E-state index contributed by atoms with van der Waals surface area (Å²) >= 11 is 0. The maximum Gasteiger partial charge on any atom is 0.414 e. The molecule has 2 saturated heterocycles. The van der Waals surface area contributed by atoms with E-state index in [1.54, 1.807) is 23.0 Å². The zero-order valence-electron chi connectivity index (χ0n) is 16.7. The van der Waals surface area contributed by atoms with Crippen LogP contribution < -0.4 is 15.5 Å². The summed E-state index contributed by atoms with van der Waals surface area (Å²) in [7, 11) is 0. The van der Waals surface area contributed by atoms with Crippen LogP contribution in [-0.2, 0) is 16.1 Å². The van der Waals surface area contributed by atoms with E-state index in [0.29, 0.717) is 50.6 Å². The Kier molecular flexibility index (Phi) is 5.53. The van der Waals surface area contributed by atoms with Gasteiger partial charge in [0.2, 0.25) is 5.91 Å². The van der Waals surface area contributed by atoms with Crippen LogP contribution in [0.2, 0.25) is 0 Å². The third-order valence-electron chi connectivity index (χ3n) is 5.25. The van der Waals surface area contributed by atoms with Crippen molar-refractivity contribution in [3.05, 3.63) is 35.9 Å². The SMILES string of the molecule is Cc1cn(C[C@H]2CN(c3ccc(N4CCN(CC(N)=O)CC4)c(F)c3)C(=O)O2)nn1. The number of aromatic nitrogens is 3. The van der Waals surface area contributed by atoms with Crippen LogP contribution in [0, 0.1) is 12.7 Å². The molecule has 2 aliphatic rings. The van der Waals surface area contributed by atoms with Gasteiger partial charge in [0.1, 0.15) is 11.9 Å². The maximum absolute atomic E-state index is 14.8. The third kappa shape index (κ3) is 4.35. The average molecular weight is 417 g/mol. The molecule has 1 atom stereocenters. The molecule has 160 valence electrons. The largest absolute Gasteiger partial charge is 0.442 e. The van der Waals surface area contributed by atoms with Crippen LogP contribution in [0.1, 0.15) is 5.69 Å². The summed E-state index contributed by atoms with van der Waals surface area (Å²) in [5, 5.41) is 7.88. The van der Waals surface area contributed by atoms with Gasteiger partial charge in [-0.2, -0.15) is 0 Å². The number of carbonyl (C=O) groups is 2. The Hall–Kier alpha value is -3.21. The van der Waals surface area contributed by atoms with Crippen LogP contribution in [0.5, 0.6) is 0 Å². The molecule has 4 rings (SSSR count). The van der Waals surface area contributed by atoms with Crippen molar-refractivity contribution >= 4 is 23.4 Å². The van der Waals surface area contributed by atoms with Crippen LogP contribution in [0.25, 0.3) is 0 Å². The van der Waals surface area contributed by atoms with Crippen molar-refractivity contribution in [2.75, 3.05) is 49.1 Å². The number of benzene rings is 1. The minimum absolute atomic E-state index is 0.210. The summed E-state index contributed by atoms with van der Waals surface area (Å²) in [6.07, 6.45) is 0.873. The van der Waals surface area contributed by atoms with E-state index >= 15 is 0 Å². The minimum Gasteiger partial charge on any atom is -0.442 e. The molecule has 30 heavy (non-hydrogen) atoms. The summed E-state index contributed by atoms with van der Waals surface area (Å²) in [5.74, 6) is -0.771. The molecule has 11 heteroatoms. The van der Waals surface area contributed by atoms with Gasteiger partial charge in [-0.3, -0.25) is 14.6 Å². The number of rotatable bonds is 6. The third-order valence-corrected chi connectivity index (χ3v) is 5.25. The Morgan fingerprint density at radius 1 is 1.30 bits per heavy atom. The van der Waals surface area contributed by atoms with Gasteiger partial charge in [0.25, 0.3) is 0 Å². The Balaban J connectivity index is 1.39. The molecular formula is C19H24FN7O3. The van der Waals surface area contributed by atoms with E-state index in [1.165, 1.54) is 11.0 Å². The van der Waals surface area contributed by atoms with Gasteiger partial charge in [-0.1, -0.05) is 5.21 Å². The second-order valence-electron chi connectivity index (χ2n) is 7.56. The molecule has 0 aliphatic carbocycles. The lowest BCUT2D eigenvalue weighted by Gasteiger charge is -2.35. The van der Waals surface area contributed by atoms with Crippen molar-refractivity contribution in [1.82, 2.24) is 19.9 Å². The van der Waals surface area contributed by atoms with E-state index in [4.69, 9.17) is 10.5 Å². The highest BCUT2D eigenvalue weighted by molar-refractivity contribution is 5.90. The van der Waals surface area contributed by atoms with Crippen LogP contribution in [-0.4, -0.2) is 77.3 Å². The van der Waals surface area contributed by atoms with E-state index in [1.807, 2.05) is 16.7 Å². The van der Waals surface area contributed by atoms with Crippen molar-refractivity contribution in [2.45, 2.75) is 19.6 Å². The highest BCUT2D eigenvalue weighted by Gasteiger charge is 2.33. The second kappa shape index (κ2) is 8.27. The van der Waals surface area contributed by atoms with Gasteiger partial charge in [0, 0.05) is 32.4 Å². The lowest BCUT2D eigenvalue weighted by atomic mass is 10.2. The quantitative estimate of drug-likeness (QED) is 0.723. The second-order valence-corrected chi connectivity index (χ2v) is 7.56. The van der Waals surface area contributed by atoms with Gasteiger partial charge in [0.05, 0.1) is 36.7 Å². The molecule has 2 aromatic rings. The maximum atomic E-state index is 14.8. The summed E-state index contributed by atoms with van der Waals surface area (Å²) < 4.78 is 21.9. The predicted molar refractivity (Wildman–Crippen MR) is 107 cm³/mol. The first-order valence-corrected chi connectivity index (χ1v) is 9.79. The highest BCUT2D eigenvalue weighted by atomic mass is 19.1. The smallest absolute Gasteiger partial charge is 0.414 e. The van der Waals surface area contributed by atoms with Gasteiger partial charge in [0.15, 0.2) is 0 Å². The zero-order chi connectivity index (χ0) is 21.3. The van der Waals surface area contributed by atoms with Crippen molar-refractivity contribution < 1.29 is 18.7 Å². The molecule has 0 saturated carbocycles. The molecule has 10 nitrogen and oxygen atoms in total. The van der Waals surface area contributed by atoms with Gasteiger partial charge >= 0.3 is 6.09 Å². The van der Waals surface area contributed by atoms with Crippen molar-refractivity contribution in [3.63, 3.8) is 0 Å². The fourth-order valence-electron chi connectivity index (χ4n) is 3.81. The Morgan fingerprint density at radius 2 is 2.07 bits per heavy atom. The molecule has 3 heterocycles. The van der Waals surface area contributed by atoms with Crippen LogP contribution >= 0.6 is 0 Å². The first-order chi connectivity index (χ1) is 14.4. The Morgan fingerprint density at radius 3 is 2.70 bits per heavy atom. The number of piperazine rings is 1. The zero-order valence-corrected chi connectivity index (χ0v) is 16.7. The molecule has 0 radical (unpaired) electrons. The number of carbonyl (C=O) groups excluding carboxylic acids is 2. The molecule has 2 amide bonds. The van der Waals surface area contributed by atoms with E-state index in [0.717, 1.165) is 5.69 Å². The first kappa shape index (κ1) is 20.1. The minimum atomic E-state index is -0.510. The molecule has 0 unspecified atom stereocenters. The number of ether oxygens (including phenoxy) is 1. The standard InChI is InChI=1S/C19H24FN7O3/c1-13-9-26(23-22-13)10-15-11-27(19(29)30-15)14-2-3-17(16(20)8-14)25-6-4-24(5-7-25)12-18(21)28/h2-3,8-9,15H,4-7,10-12H2,1H3,(H2,21,28)/t15-/m0/s1. The number of hydrogen-bond donors (Lipinski definition) is 1. The Labute approximate surface area is 173 Å². The first-order valence-electron chi connectivity index (χ1n) is 9.79. The molecule has 1 aromatic heterocycles. The fraction of sp³-hybridized carbons (Fsp3) is 0.474. The van der Waals surface area contributed by atoms with E-state index in [-0.39, 0.29) is 18.6 Å². The van der Waals surface area contributed by atoms with Gasteiger partial charge < -0.3 is 15.4 Å². The van der Waals surface area contributed by atoms with E-state index in [2.05, 4.69) is 10.3 Å². The number of nitrogens with two attached hydrogens (primary N) is 1. The molecule has 1 aromatic carbocycles. The number of hydrogen-bond acceptors (Lipinski definition) is 7.